The first-order valence-corrected chi connectivity index (χ1v) is 5.70. The van der Waals surface area contributed by atoms with Crippen LogP contribution in [0, 0.1) is 0 Å². The van der Waals surface area contributed by atoms with E-state index in [9.17, 15) is 0 Å². The maximum atomic E-state index is 9.12. The Morgan fingerprint density at radius 1 is 0.944 bits per heavy atom. The van der Waals surface area contributed by atoms with Crippen molar-refractivity contribution in [3.63, 3.8) is 0 Å². The van der Waals surface area contributed by atoms with E-state index in [1.807, 2.05) is 42.5 Å². The van der Waals surface area contributed by atoms with E-state index in [0.717, 1.165) is 28.2 Å². The molecule has 0 bridgehead atoms. The second-order valence-electron chi connectivity index (χ2n) is 3.92. The summed E-state index contributed by atoms with van der Waals surface area (Å²) in [5, 5.41) is 9.12. The molecule has 0 fully saturated rings. The van der Waals surface area contributed by atoms with Crippen LogP contribution < -0.4 is 9.47 Å². The Hall–Kier alpha value is -2.00. The summed E-state index contributed by atoms with van der Waals surface area (Å²) in [4.78, 5) is 0. The Labute approximate surface area is 107 Å². The summed E-state index contributed by atoms with van der Waals surface area (Å²) in [6.45, 7) is 0.0131. The highest BCUT2D eigenvalue weighted by atomic mass is 16.5. The maximum Gasteiger partial charge on any atom is 0.127 e. The third-order valence-electron chi connectivity index (χ3n) is 2.85. The fraction of sp³-hybridized carbons (Fsp3) is 0.200. The molecule has 0 aliphatic heterocycles. The second kappa shape index (κ2) is 5.56. The van der Waals surface area contributed by atoms with Gasteiger partial charge in [-0.05, 0) is 29.3 Å². The molecule has 3 nitrogen and oxygen atoms in total. The Bertz CT molecular complexity index is 518. The van der Waals surface area contributed by atoms with Crippen LogP contribution in [0.1, 0.15) is 5.56 Å². The summed E-state index contributed by atoms with van der Waals surface area (Å²) < 4.78 is 10.5. The molecule has 2 rings (SSSR count). The van der Waals surface area contributed by atoms with Gasteiger partial charge in [0.1, 0.15) is 11.5 Å². The van der Waals surface area contributed by atoms with Gasteiger partial charge in [0.15, 0.2) is 0 Å². The van der Waals surface area contributed by atoms with Gasteiger partial charge in [-0.25, -0.2) is 0 Å². The topological polar surface area (TPSA) is 38.7 Å². The second-order valence-corrected chi connectivity index (χ2v) is 3.92. The minimum atomic E-state index is 0.0131. The molecule has 18 heavy (non-hydrogen) atoms. The van der Waals surface area contributed by atoms with Gasteiger partial charge >= 0.3 is 0 Å². The molecule has 2 aromatic rings. The van der Waals surface area contributed by atoms with Crippen LogP contribution in [0.5, 0.6) is 11.5 Å². The van der Waals surface area contributed by atoms with E-state index in [1.54, 1.807) is 14.2 Å². The largest absolute Gasteiger partial charge is 0.497 e. The van der Waals surface area contributed by atoms with Crippen LogP contribution in [0.2, 0.25) is 0 Å². The summed E-state index contributed by atoms with van der Waals surface area (Å²) in [6, 6.07) is 13.5. The number of hydrogen-bond donors (Lipinski definition) is 1. The first-order valence-electron chi connectivity index (χ1n) is 5.70. The molecule has 0 saturated heterocycles. The van der Waals surface area contributed by atoms with Crippen molar-refractivity contribution in [2.75, 3.05) is 14.2 Å². The van der Waals surface area contributed by atoms with Crippen molar-refractivity contribution in [3.8, 4) is 22.6 Å². The average Bonchev–Trinajstić information content (AvgIpc) is 2.46. The van der Waals surface area contributed by atoms with Gasteiger partial charge in [0, 0.05) is 5.56 Å². The summed E-state index contributed by atoms with van der Waals surface area (Å²) in [5.41, 5.74) is 2.89. The number of methoxy groups -OCH3 is 2. The van der Waals surface area contributed by atoms with Crippen LogP contribution >= 0.6 is 0 Å². The van der Waals surface area contributed by atoms with Gasteiger partial charge in [0.2, 0.25) is 0 Å². The van der Waals surface area contributed by atoms with Gasteiger partial charge in [-0.1, -0.05) is 24.3 Å². The standard InChI is InChI=1S/C15H16O3/c1-17-13-6-4-12(5-7-13)14-8-3-11(10-16)9-15(14)18-2/h3-9,16H,10H2,1-2H3. The van der Waals surface area contributed by atoms with Crippen LogP contribution in [-0.4, -0.2) is 19.3 Å². The first-order chi connectivity index (χ1) is 8.78. The lowest BCUT2D eigenvalue weighted by Gasteiger charge is -2.10. The van der Waals surface area contributed by atoms with Gasteiger partial charge < -0.3 is 14.6 Å². The molecule has 3 heteroatoms. The highest BCUT2D eigenvalue weighted by molar-refractivity contribution is 5.71. The molecule has 0 saturated carbocycles. The summed E-state index contributed by atoms with van der Waals surface area (Å²) in [7, 11) is 3.27. The van der Waals surface area contributed by atoms with E-state index in [4.69, 9.17) is 14.6 Å². The predicted molar refractivity (Wildman–Crippen MR) is 70.9 cm³/mol. The molecule has 0 radical (unpaired) electrons. The minimum absolute atomic E-state index is 0.0131. The predicted octanol–water partition coefficient (Wildman–Crippen LogP) is 2.86. The zero-order valence-electron chi connectivity index (χ0n) is 10.5. The molecule has 0 atom stereocenters. The fourth-order valence-electron chi connectivity index (χ4n) is 1.84. The molecule has 0 aromatic heterocycles. The van der Waals surface area contributed by atoms with Crippen LogP contribution in [0.25, 0.3) is 11.1 Å². The summed E-state index contributed by atoms with van der Waals surface area (Å²) in [5.74, 6) is 1.58. The number of benzene rings is 2. The Morgan fingerprint density at radius 3 is 2.22 bits per heavy atom. The van der Waals surface area contributed by atoms with Crippen molar-refractivity contribution in [2.24, 2.45) is 0 Å². The molecule has 0 spiro atoms. The van der Waals surface area contributed by atoms with E-state index < -0.39 is 0 Å². The number of aliphatic hydroxyl groups is 1. The monoisotopic (exact) mass is 244 g/mol. The Morgan fingerprint density at radius 2 is 1.67 bits per heavy atom. The van der Waals surface area contributed by atoms with Crippen molar-refractivity contribution in [1.82, 2.24) is 0 Å². The van der Waals surface area contributed by atoms with Crippen LogP contribution in [0.4, 0.5) is 0 Å². The SMILES string of the molecule is COc1ccc(-c2ccc(CO)cc2OC)cc1. The molecule has 94 valence electrons. The van der Waals surface area contributed by atoms with Crippen molar-refractivity contribution in [3.05, 3.63) is 48.0 Å². The molecule has 0 heterocycles. The minimum Gasteiger partial charge on any atom is -0.497 e. The van der Waals surface area contributed by atoms with E-state index in [2.05, 4.69) is 0 Å². The van der Waals surface area contributed by atoms with E-state index in [-0.39, 0.29) is 6.61 Å². The zero-order valence-corrected chi connectivity index (χ0v) is 10.5. The van der Waals surface area contributed by atoms with Gasteiger partial charge in [-0.15, -0.1) is 0 Å². The van der Waals surface area contributed by atoms with Crippen molar-refractivity contribution < 1.29 is 14.6 Å². The zero-order chi connectivity index (χ0) is 13.0. The molecule has 0 aliphatic rings. The van der Waals surface area contributed by atoms with Gasteiger partial charge in [0.05, 0.1) is 20.8 Å². The van der Waals surface area contributed by atoms with Crippen LogP contribution in [-0.2, 0) is 6.61 Å². The Balaban J connectivity index is 2.42. The van der Waals surface area contributed by atoms with Crippen LogP contribution in [0.15, 0.2) is 42.5 Å². The molecular weight excluding hydrogens is 228 g/mol. The molecule has 0 aliphatic carbocycles. The van der Waals surface area contributed by atoms with E-state index in [0.29, 0.717) is 0 Å². The molecule has 0 amide bonds. The van der Waals surface area contributed by atoms with E-state index in [1.165, 1.54) is 0 Å². The van der Waals surface area contributed by atoms with Crippen LogP contribution in [0.3, 0.4) is 0 Å². The van der Waals surface area contributed by atoms with Gasteiger partial charge in [-0.2, -0.15) is 0 Å². The highest BCUT2D eigenvalue weighted by Crippen LogP contribution is 2.31. The molecule has 2 aromatic carbocycles. The molecular formula is C15H16O3. The smallest absolute Gasteiger partial charge is 0.127 e. The normalized spacial score (nSPS) is 10.2. The third-order valence-corrected chi connectivity index (χ3v) is 2.85. The lowest BCUT2D eigenvalue weighted by atomic mass is 10.0. The van der Waals surface area contributed by atoms with Gasteiger partial charge in [0.25, 0.3) is 0 Å². The number of hydrogen-bond acceptors (Lipinski definition) is 3. The van der Waals surface area contributed by atoms with E-state index >= 15 is 0 Å². The average molecular weight is 244 g/mol. The quantitative estimate of drug-likeness (QED) is 0.898. The lowest BCUT2D eigenvalue weighted by Crippen LogP contribution is -1.91. The molecule has 0 unspecified atom stereocenters. The third kappa shape index (κ3) is 2.46. The van der Waals surface area contributed by atoms with Gasteiger partial charge in [-0.3, -0.25) is 0 Å². The molecule has 1 N–H and O–H groups in total. The Kier molecular flexibility index (Phi) is 3.85. The highest BCUT2D eigenvalue weighted by Gasteiger charge is 2.06. The van der Waals surface area contributed by atoms with Crippen molar-refractivity contribution >= 4 is 0 Å². The maximum absolute atomic E-state index is 9.12. The summed E-state index contributed by atoms with van der Waals surface area (Å²) in [6.07, 6.45) is 0. The number of rotatable bonds is 4. The summed E-state index contributed by atoms with van der Waals surface area (Å²) >= 11 is 0. The number of ether oxygens (including phenoxy) is 2. The van der Waals surface area contributed by atoms with Crippen molar-refractivity contribution in [1.29, 1.82) is 0 Å². The van der Waals surface area contributed by atoms with Crippen molar-refractivity contribution in [2.45, 2.75) is 6.61 Å². The number of aliphatic hydroxyl groups excluding tert-OH is 1. The fourth-order valence-corrected chi connectivity index (χ4v) is 1.84. The first kappa shape index (κ1) is 12.5. The lowest BCUT2D eigenvalue weighted by molar-refractivity contribution is 0.281.